The second-order valence-electron chi connectivity index (χ2n) is 5.31. The van der Waals surface area contributed by atoms with Gasteiger partial charge in [0, 0.05) is 30.8 Å². The first-order chi connectivity index (χ1) is 10.9. The zero-order valence-corrected chi connectivity index (χ0v) is 12.8. The summed E-state index contributed by atoms with van der Waals surface area (Å²) in [6.07, 6.45) is -0.386. The van der Waals surface area contributed by atoms with Gasteiger partial charge in [-0.2, -0.15) is 0 Å². The maximum absolute atomic E-state index is 12.4. The number of rotatable bonds is 4. The zero-order valence-electron chi connectivity index (χ0n) is 12.8. The lowest BCUT2D eigenvalue weighted by Gasteiger charge is -2.31. The molecule has 23 heavy (non-hydrogen) atoms. The predicted octanol–water partition coefficient (Wildman–Crippen LogP) is 2.81. The molecule has 1 aromatic carbocycles. The van der Waals surface area contributed by atoms with Crippen LogP contribution in [0.3, 0.4) is 0 Å². The van der Waals surface area contributed by atoms with Crippen molar-refractivity contribution in [2.75, 3.05) is 20.1 Å². The summed E-state index contributed by atoms with van der Waals surface area (Å²) in [5, 5.41) is 3.17. The van der Waals surface area contributed by atoms with E-state index < -0.39 is 6.36 Å². The molecule has 1 heterocycles. The normalized spacial score (nSPS) is 16.8. The standard InChI is InChI=1S/C16H19F3N2O2/c1-20-13-8-10-21(11-9-13)15(22)7-6-12-4-2-3-5-14(12)23-16(17,18)19/h2-7,13,20H,8-11H2,1H3. The van der Waals surface area contributed by atoms with E-state index in [9.17, 15) is 18.0 Å². The van der Waals surface area contributed by atoms with E-state index in [0.29, 0.717) is 19.1 Å². The van der Waals surface area contributed by atoms with Crippen molar-refractivity contribution in [1.29, 1.82) is 0 Å². The zero-order chi connectivity index (χ0) is 16.9. The van der Waals surface area contributed by atoms with Crippen molar-refractivity contribution in [3.63, 3.8) is 0 Å². The number of hydrogen-bond donors (Lipinski definition) is 1. The molecule has 0 radical (unpaired) electrons. The molecule has 0 aliphatic carbocycles. The minimum absolute atomic E-state index is 0.207. The summed E-state index contributed by atoms with van der Waals surface area (Å²) in [6, 6.07) is 6.13. The van der Waals surface area contributed by atoms with Crippen LogP contribution in [0, 0.1) is 0 Å². The van der Waals surface area contributed by atoms with Crippen LogP contribution in [0.15, 0.2) is 30.3 Å². The summed E-state index contributed by atoms with van der Waals surface area (Å²) in [7, 11) is 1.89. The molecule has 1 aliphatic rings. The number of piperidine rings is 1. The molecule has 0 atom stereocenters. The van der Waals surface area contributed by atoms with Gasteiger partial charge in [-0.3, -0.25) is 4.79 Å². The molecule has 126 valence electrons. The largest absolute Gasteiger partial charge is 0.573 e. The van der Waals surface area contributed by atoms with Gasteiger partial charge in [-0.15, -0.1) is 13.2 Å². The quantitative estimate of drug-likeness (QED) is 0.864. The van der Waals surface area contributed by atoms with E-state index in [1.165, 1.54) is 30.4 Å². The molecule has 1 aromatic rings. The third-order valence-electron chi connectivity index (χ3n) is 3.77. The fraction of sp³-hybridized carbons (Fsp3) is 0.438. The molecule has 0 aromatic heterocycles. The molecule has 1 aliphatic heterocycles. The Balaban J connectivity index is 2.01. The van der Waals surface area contributed by atoms with Crippen LogP contribution in [0.4, 0.5) is 13.2 Å². The topological polar surface area (TPSA) is 41.6 Å². The maximum Gasteiger partial charge on any atom is 0.573 e. The van der Waals surface area contributed by atoms with Gasteiger partial charge in [0.25, 0.3) is 0 Å². The SMILES string of the molecule is CNC1CCN(C(=O)C=Cc2ccccc2OC(F)(F)F)CC1. The van der Waals surface area contributed by atoms with Crippen LogP contribution in [-0.2, 0) is 4.79 Å². The van der Waals surface area contributed by atoms with E-state index >= 15 is 0 Å². The van der Waals surface area contributed by atoms with Gasteiger partial charge in [0.15, 0.2) is 0 Å². The van der Waals surface area contributed by atoms with Crippen LogP contribution >= 0.6 is 0 Å². The first-order valence-electron chi connectivity index (χ1n) is 7.38. The summed E-state index contributed by atoms with van der Waals surface area (Å²) < 4.78 is 41.0. The Hall–Kier alpha value is -2.02. The summed E-state index contributed by atoms with van der Waals surface area (Å²) in [4.78, 5) is 13.8. The highest BCUT2D eigenvalue weighted by molar-refractivity contribution is 5.92. The highest BCUT2D eigenvalue weighted by atomic mass is 19.4. The van der Waals surface area contributed by atoms with Gasteiger partial charge in [0.05, 0.1) is 0 Å². The number of nitrogens with one attached hydrogen (secondary N) is 1. The van der Waals surface area contributed by atoms with Crippen LogP contribution < -0.4 is 10.1 Å². The van der Waals surface area contributed by atoms with Crippen molar-refractivity contribution in [2.24, 2.45) is 0 Å². The summed E-state index contributed by atoms with van der Waals surface area (Å²) in [6.45, 7) is 1.27. The van der Waals surface area contributed by atoms with Gasteiger partial charge in [0.1, 0.15) is 5.75 Å². The lowest BCUT2D eigenvalue weighted by molar-refractivity contribution is -0.274. The number of carbonyl (C=O) groups is 1. The van der Waals surface area contributed by atoms with Crippen LogP contribution in [0.5, 0.6) is 5.75 Å². The van der Waals surface area contributed by atoms with Crippen molar-refractivity contribution in [3.8, 4) is 5.75 Å². The highest BCUT2D eigenvalue weighted by Crippen LogP contribution is 2.27. The molecule has 7 heteroatoms. The Morgan fingerprint density at radius 2 is 1.96 bits per heavy atom. The lowest BCUT2D eigenvalue weighted by Crippen LogP contribution is -2.43. The predicted molar refractivity (Wildman–Crippen MR) is 80.8 cm³/mol. The number of nitrogens with zero attached hydrogens (tertiary/aromatic N) is 1. The summed E-state index contributed by atoms with van der Waals surface area (Å²) in [5.41, 5.74) is 0.211. The number of hydrogen-bond acceptors (Lipinski definition) is 3. The molecule has 2 rings (SSSR count). The number of benzene rings is 1. The van der Waals surface area contributed by atoms with Gasteiger partial charge in [-0.05, 0) is 32.0 Å². The first kappa shape index (κ1) is 17.3. The molecule has 4 nitrogen and oxygen atoms in total. The maximum atomic E-state index is 12.4. The van der Waals surface area contributed by atoms with E-state index in [4.69, 9.17) is 0 Å². The average Bonchev–Trinajstić information content (AvgIpc) is 2.52. The monoisotopic (exact) mass is 328 g/mol. The Morgan fingerprint density at radius 3 is 2.57 bits per heavy atom. The molecule has 1 saturated heterocycles. The number of carbonyl (C=O) groups excluding carboxylic acids is 1. The Bertz CT molecular complexity index is 565. The molecule has 0 bridgehead atoms. The van der Waals surface area contributed by atoms with Gasteiger partial charge < -0.3 is 15.0 Å². The van der Waals surface area contributed by atoms with Crippen LogP contribution in [0.25, 0.3) is 6.08 Å². The Kier molecular flexibility index (Phi) is 5.65. The number of likely N-dealkylation sites (tertiary alicyclic amines) is 1. The third kappa shape index (κ3) is 5.28. The van der Waals surface area contributed by atoms with Crippen molar-refractivity contribution < 1.29 is 22.7 Å². The number of halogens is 3. The van der Waals surface area contributed by atoms with Crippen LogP contribution in [0.1, 0.15) is 18.4 Å². The van der Waals surface area contributed by atoms with Crippen molar-refractivity contribution in [1.82, 2.24) is 10.2 Å². The Morgan fingerprint density at radius 1 is 1.30 bits per heavy atom. The van der Waals surface area contributed by atoms with Crippen LogP contribution in [-0.4, -0.2) is 43.3 Å². The molecule has 0 spiro atoms. The molecule has 1 amide bonds. The molecule has 1 fully saturated rings. The fourth-order valence-corrected chi connectivity index (χ4v) is 2.49. The van der Waals surface area contributed by atoms with E-state index in [1.54, 1.807) is 11.0 Å². The molecule has 0 saturated carbocycles. The fourth-order valence-electron chi connectivity index (χ4n) is 2.49. The first-order valence-corrected chi connectivity index (χ1v) is 7.38. The van der Waals surface area contributed by atoms with Gasteiger partial charge in [-0.1, -0.05) is 18.2 Å². The van der Waals surface area contributed by atoms with Gasteiger partial charge in [-0.25, -0.2) is 0 Å². The van der Waals surface area contributed by atoms with Crippen molar-refractivity contribution >= 4 is 12.0 Å². The van der Waals surface area contributed by atoms with Crippen molar-refractivity contribution in [2.45, 2.75) is 25.2 Å². The van der Waals surface area contributed by atoms with Crippen molar-refractivity contribution in [3.05, 3.63) is 35.9 Å². The summed E-state index contributed by atoms with van der Waals surface area (Å²) >= 11 is 0. The van der Waals surface area contributed by atoms with E-state index in [1.807, 2.05) is 7.05 Å². The Labute approximate surface area is 132 Å². The molecule has 1 N–H and O–H groups in total. The number of amides is 1. The highest BCUT2D eigenvalue weighted by Gasteiger charge is 2.31. The smallest absolute Gasteiger partial charge is 0.405 e. The van der Waals surface area contributed by atoms with E-state index in [0.717, 1.165) is 12.8 Å². The number of ether oxygens (including phenoxy) is 1. The lowest BCUT2D eigenvalue weighted by atomic mass is 10.1. The van der Waals surface area contributed by atoms with E-state index in [-0.39, 0.29) is 17.2 Å². The molecular weight excluding hydrogens is 309 g/mol. The van der Waals surface area contributed by atoms with Crippen LogP contribution in [0.2, 0.25) is 0 Å². The number of alkyl halides is 3. The average molecular weight is 328 g/mol. The molecular formula is C16H19F3N2O2. The third-order valence-corrected chi connectivity index (χ3v) is 3.77. The van der Waals surface area contributed by atoms with E-state index in [2.05, 4.69) is 10.1 Å². The minimum Gasteiger partial charge on any atom is -0.405 e. The number of para-hydroxylation sites is 1. The van der Waals surface area contributed by atoms with Gasteiger partial charge >= 0.3 is 6.36 Å². The van der Waals surface area contributed by atoms with Gasteiger partial charge in [0.2, 0.25) is 5.91 Å². The second kappa shape index (κ2) is 7.50. The summed E-state index contributed by atoms with van der Waals surface area (Å²) in [5.74, 6) is -0.528. The molecule has 0 unspecified atom stereocenters. The minimum atomic E-state index is -4.76. The second-order valence-corrected chi connectivity index (χ2v) is 5.31.